The van der Waals surface area contributed by atoms with Crippen molar-refractivity contribution in [2.45, 2.75) is 97.9 Å². The lowest BCUT2D eigenvalue weighted by Gasteiger charge is -2.60. The number of allylic oxidation sites excluding steroid dienone is 1. The van der Waals surface area contributed by atoms with Crippen LogP contribution in [0, 0.1) is 34.0 Å². The zero-order valence-corrected chi connectivity index (χ0v) is 22.4. The molecular weight excluding hydrogens is 436 g/mol. The van der Waals surface area contributed by atoms with E-state index in [1.54, 1.807) is 7.11 Å². The fourth-order valence-electron chi connectivity index (χ4n) is 9.22. The standard InChI is InChI=1S/C31H44O4/c1-6-30(21(2)32)16-14-27-25-12-9-23-19-31(33,35-20-22-7-10-24(34-5)11-8-22)18-17-28(23,3)26(25)13-15-29(27,30)4/h7-11,25-27,33H,6,12-20H2,1-5H3/t25-,26+,27+,28+,29+,30-,31-/m1/s1. The van der Waals surface area contributed by atoms with Crippen molar-refractivity contribution in [1.29, 1.82) is 0 Å². The molecule has 35 heavy (non-hydrogen) atoms. The van der Waals surface area contributed by atoms with Crippen molar-refractivity contribution in [1.82, 2.24) is 0 Å². The van der Waals surface area contributed by atoms with Crippen LogP contribution >= 0.6 is 0 Å². The summed E-state index contributed by atoms with van der Waals surface area (Å²) >= 11 is 0. The minimum Gasteiger partial charge on any atom is -0.497 e. The molecule has 192 valence electrons. The van der Waals surface area contributed by atoms with E-state index >= 15 is 0 Å². The Kier molecular flexibility index (Phi) is 6.24. The van der Waals surface area contributed by atoms with Gasteiger partial charge in [0.25, 0.3) is 0 Å². The Hall–Kier alpha value is -1.65. The minimum absolute atomic E-state index is 0.129. The first-order valence-corrected chi connectivity index (χ1v) is 13.8. The van der Waals surface area contributed by atoms with Gasteiger partial charge in [-0.1, -0.05) is 44.6 Å². The zero-order chi connectivity index (χ0) is 25.1. The van der Waals surface area contributed by atoms with Crippen LogP contribution in [0.15, 0.2) is 35.9 Å². The molecule has 0 spiro atoms. The summed E-state index contributed by atoms with van der Waals surface area (Å²) in [5.41, 5.74) is 2.58. The normalized spacial score (nSPS) is 42.5. The van der Waals surface area contributed by atoms with Crippen molar-refractivity contribution in [2.75, 3.05) is 7.11 Å². The quantitative estimate of drug-likeness (QED) is 0.357. The zero-order valence-electron chi connectivity index (χ0n) is 22.4. The number of benzene rings is 1. The van der Waals surface area contributed by atoms with E-state index in [0.29, 0.717) is 43.0 Å². The summed E-state index contributed by atoms with van der Waals surface area (Å²) in [6.45, 7) is 9.38. The molecule has 7 atom stereocenters. The molecule has 0 bridgehead atoms. The van der Waals surface area contributed by atoms with Gasteiger partial charge in [0.1, 0.15) is 11.5 Å². The number of fused-ring (bicyclic) bond motifs is 5. The fourth-order valence-corrected chi connectivity index (χ4v) is 9.22. The molecule has 0 aliphatic heterocycles. The Morgan fingerprint density at radius 1 is 1.06 bits per heavy atom. The Morgan fingerprint density at radius 3 is 2.43 bits per heavy atom. The van der Waals surface area contributed by atoms with Gasteiger partial charge in [0.05, 0.1) is 13.7 Å². The summed E-state index contributed by atoms with van der Waals surface area (Å²) in [5.74, 6) is 2.08. The number of carbonyl (C=O) groups is 1. The Bertz CT molecular complexity index is 998. The molecule has 0 aromatic heterocycles. The second-order valence-corrected chi connectivity index (χ2v) is 12.5. The van der Waals surface area contributed by atoms with Crippen LogP contribution in [-0.2, 0) is 16.1 Å². The number of aliphatic hydroxyl groups is 1. The van der Waals surface area contributed by atoms with Crippen LogP contribution in [0.2, 0.25) is 0 Å². The molecule has 0 heterocycles. The highest BCUT2D eigenvalue weighted by Gasteiger charge is 2.65. The van der Waals surface area contributed by atoms with Gasteiger partial charge in [-0.2, -0.15) is 0 Å². The predicted octanol–water partition coefficient (Wildman–Crippen LogP) is 6.85. The van der Waals surface area contributed by atoms with Gasteiger partial charge in [0.15, 0.2) is 5.79 Å². The van der Waals surface area contributed by atoms with Crippen molar-refractivity contribution in [3.8, 4) is 5.75 Å². The summed E-state index contributed by atoms with van der Waals surface area (Å²) in [5, 5.41) is 11.4. The van der Waals surface area contributed by atoms with E-state index in [4.69, 9.17) is 9.47 Å². The third-order valence-electron chi connectivity index (χ3n) is 11.4. The monoisotopic (exact) mass is 480 g/mol. The number of hydrogen-bond acceptors (Lipinski definition) is 4. The van der Waals surface area contributed by atoms with Gasteiger partial charge in [0, 0.05) is 18.3 Å². The van der Waals surface area contributed by atoms with Crippen molar-refractivity contribution >= 4 is 5.78 Å². The highest BCUT2D eigenvalue weighted by molar-refractivity contribution is 5.83. The van der Waals surface area contributed by atoms with E-state index in [1.807, 2.05) is 31.2 Å². The molecule has 0 radical (unpaired) electrons. The molecular formula is C31H44O4. The average molecular weight is 481 g/mol. The summed E-state index contributed by atoms with van der Waals surface area (Å²) in [6.07, 6.45) is 11.4. The molecule has 0 unspecified atom stereocenters. The number of Topliss-reactive ketones (excluding diaryl/α,β-unsaturated/α-hetero) is 1. The van der Waals surface area contributed by atoms with Crippen molar-refractivity contribution in [3.63, 3.8) is 0 Å². The number of methoxy groups -OCH3 is 1. The van der Waals surface area contributed by atoms with Crippen LogP contribution in [0.3, 0.4) is 0 Å². The topological polar surface area (TPSA) is 55.8 Å². The Morgan fingerprint density at radius 2 is 1.77 bits per heavy atom. The highest BCUT2D eigenvalue weighted by Crippen LogP contribution is 2.70. The van der Waals surface area contributed by atoms with Crippen LogP contribution in [0.1, 0.15) is 91.0 Å². The molecule has 5 rings (SSSR count). The van der Waals surface area contributed by atoms with E-state index in [1.165, 1.54) is 18.4 Å². The average Bonchev–Trinajstić information content (AvgIpc) is 3.17. The lowest BCUT2D eigenvalue weighted by molar-refractivity contribution is -0.231. The maximum absolute atomic E-state index is 12.9. The van der Waals surface area contributed by atoms with Gasteiger partial charge in [0.2, 0.25) is 0 Å². The SMILES string of the molecule is CC[C@]1(C(C)=O)CC[C@H]2[C@@H]3CC=C4C[C@](O)(OCc5ccc(OC)cc5)CC[C@]4(C)[C@H]3CC[C@@]21C. The first kappa shape index (κ1) is 25.0. The van der Waals surface area contributed by atoms with Crippen LogP contribution in [-0.4, -0.2) is 23.8 Å². The summed E-state index contributed by atoms with van der Waals surface area (Å²) in [4.78, 5) is 12.9. The lowest BCUT2D eigenvalue weighted by Crippen LogP contribution is -2.55. The van der Waals surface area contributed by atoms with Crippen LogP contribution < -0.4 is 4.74 Å². The van der Waals surface area contributed by atoms with E-state index in [9.17, 15) is 9.90 Å². The molecule has 0 saturated heterocycles. The second-order valence-electron chi connectivity index (χ2n) is 12.5. The predicted molar refractivity (Wildman–Crippen MR) is 138 cm³/mol. The number of ether oxygens (including phenoxy) is 2. The van der Waals surface area contributed by atoms with Gasteiger partial charge in [-0.25, -0.2) is 0 Å². The van der Waals surface area contributed by atoms with E-state index < -0.39 is 5.79 Å². The molecule has 4 nitrogen and oxygen atoms in total. The molecule has 4 aliphatic carbocycles. The molecule has 1 aromatic rings. The number of ketones is 1. The first-order valence-electron chi connectivity index (χ1n) is 13.8. The van der Waals surface area contributed by atoms with Gasteiger partial charge >= 0.3 is 0 Å². The highest BCUT2D eigenvalue weighted by atomic mass is 16.6. The maximum atomic E-state index is 12.9. The summed E-state index contributed by atoms with van der Waals surface area (Å²) in [6, 6.07) is 7.86. The molecule has 1 aromatic carbocycles. The smallest absolute Gasteiger partial charge is 0.169 e. The fraction of sp³-hybridized carbons (Fsp3) is 0.710. The van der Waals surface area contributed by atoms with Gasteiger partial charge < -0.3 is 14.6 Å². The van der Waals surface area contributed by atoms with Crippen LogP contribution in [0.4, 0.5) is 0 Å². The summed E-state index contributed by atoms with van der Waals surface area (Å²) in [7, 11) is 1.67. The third kappa shape index (κ3) is 3.73. The molecule has 0 amide bonds. The van der Waals surface area contributed by atoms with Crippen molar-refractivity contribution < 1.29 is 19.4 Å². The third-order valence-corrected chi connectivity index (χ3v) is 11.4. The maximum Gasteiger partial charge on any atom is 0.169 e. The number of hydrogen-bond donors (Lipinski definition) is 1. The van der Waals surface area contributed by atoms with E-state index in [2.05, 4.69) is 26.8 Å². The van der Waals surface area contributed by atoms with Crippen molar-refractivity contribution in [2.24, 2.45) is 34.0 Å². The molecule has 1 N–H and O–H groups in total. The van der Waals surface area contributed by atoms with Crippen LogP contribution in [0.25, 0.3) is 0 Å². The van der Waals surface area contributed by atoms with Crippen molar-refractivity contribution in [3.05, 3.63) is 41.5 Å². The number of rotatable bonds is 6. The largest absolute Gasteiger partial charge is 0.497 e. The van der Waals surface area contributed by atoms with Gasteiger partial charge in [-0.3, -0.25) is 4.79 Å². The Balaban J connectivity index is 1.33. The second kappa shape index (κ2) is 8.73. The van der Waals surface area contributed by atoms with E-state index in [0.717, 1.165) is 43.4 Å². The minimum atomic E-state index is -1.10. The first-order chi connectivity index (χ1) is 16.6. The molecule has 4 aliphatic rings. The number of carbonyl (C=O) groups excluding carboxylic acids is 1. The van der Waals surface area contributed by atoms with Crippen LogP contribution in [0.5, 0.6) is 5.75 Å². The van der Waals surface area contributed by atoms with Gasteiger partial charge in [-0.05, 0) is 98.1 Å². The summed E-state index contributed by atoms with van der Waals surface area (Å²) < 4.78 is 11.4. The molecule has 3 fully saturated rings. The van der Waals surface area contributed by atoms with Gasteiger partial charge in [-0.15, -0.1) is 0 Å². The van der Waals surface area contributed by atoms with E-state index in [-0.39, 0.29) is 16.2 Å². The molecule has 3 saturated carbocycles. The molecule has 4 heteroatoms. The Labute approximate surface area is 211 Å². The lowest BCUT2D eigenvalue weighted by atomic mass is 9.45.